The maximum absolute atomic E-state index is 4.44. The summed E-state index contributed by atoms with van der Waals surface area (Å²) in [6.45, 7) is 5.58. The van der Waals surface area contributed by atoms with Gasteiger partial charge in [0, 0.05) is 6.21 Å². The summed E-state index contributed by atoms with van der Waals surface area (Å²) in [5.41, 5.74) is 0. The van der Waals surface area contributed by atoms with E-state index in [1.807, 2.05) is 0 Å². The number of oxime groups is 1. The van der Waals surface area contributed by atoms with Crippen molar-refractivity contribution < 1.29 is 4.84 Å². The van der Waals surface area contributed by atoms with Crippen LogP contribution in [0.25, 0.3) is 0 Å². The first-order chi connectivity index (χ1) is 2.91. The maximum atomic E-state index is 4.44. The van der Waals surface area contributed by atoms with Gasteiger partial charge in [0.25, 0.3) is 0 Å². The molecule has 1 radical (unpaired) electrons. The lowest BCUT2D eigenvalue weighted by Gasteiger charge is -1.84. The minimum Gasteiger partial charge on any atom is -0.396 e. The third kappa shape index (κ3) is 3.47. The molecule has 0 heterocycles. The van der Waals surface area contributed by atoms with Crippen LogP contribution in [0.3, 0.4) is 0 Å². The molecular weight excluding hydrogens is 78.0 g/mol. The first-order valence-corrected chi connectivity index (χ1v) is 1.81. The van der Waals surface area contributed by atoms with Gasteiger partial charge in [0.1, 0.15) is 6.61 Å². The Morgan fingerprint density at radius 3 is 2.83 bits per heavy atom. The molecule has 0 atom stereocenters. The summed E-state index contributed by atoms with van der Waals surface area (Å²) >= 11 is 0. The second-order valence-corrected chi connectivity index (χ2v) is 0.697. The lowest BCUT2D eigenvalue weighted by atomic mass is 10.9. The van der Waals surface area contributed by atoms with Crippen LogP contribution in [0.1, 0.15) is 6.92 Å². The van der Waals surface area contributed by atoms with E-state index in [1.54, 1.807) is 13.1 Å². The Kier molecular flexibility index (Phi) is 4.08. The fourth-order valence-electron chi connectivity index (χ4n) is 0.127. The Hall–Kier alpha value is -0.530. The van der Waals surface area contributed by atoms with Gasteiger partial charge in [-0.2, -0.15) is 0 Å². The summed E-state index contributed by atoms with van der Waals surface area (Å²) in [5.74, 6) is 0. The Morgan fingerprint density at radius 2 is 2.67 bits per heavy atom. The van der Waals surface area contributed by atoms with Gasteiger partial charge >= 0.3 is 0 Å². The predicted molar refractivity (Wildman–Crippen MR) is 25.5 cm³/mol. The zero-order valence-corrected chi connectivity index (χ0v) is 3.85. The first kappa shape index (κ1) is 5.47. The van der Waals surface area contributed by atoms with Crippen molar-refractivity contribution in [2.24, 2.45) is 5.16 Å². The zero-order chi connectivity index (χ0) is 4.83. The van der Waals surface area contributed by atoms with Crippen LogP contribution in [0.15, 0.2) is 5.16 Å². The summed E-state index contributed by atoms with van der Waals surface area (Å²) in [6, 6.07) is 0. The van der Waals surface area contributed by atoms with Crippen molar-refractivity contribution in [1.29, 1.82) is 0 Å². The second-order valence-electron chi connectivity index (χ2n) is 0.697. The molecule has 0 aromatic rings. The van der Waals surface area contributed by atoms with Crippen LogP contribution < -0.4 is 0 Å². The molecule has 35 valence electrons. The van der Waals surface area contributed by atoms with Gasteiger partial charge in [0.15, 0.2) is 0 Å². The fraction of sp³-hybridized carbons (Fsp3) is 0.500. The van der Waals surface area contributed by atoms with Gasteiger partial charge in [-0.3, -0.25) is 0 Å². The number of hydrogen-bond donors (Lipinski definition) is 0. The molecule has 0 aliphatic heterocycles. The van der Waals surface area contributed by atoms with E-state index in [1.165, 1.54) is 0 Å². The maximum Gasteiger partial charge on any atom is 0.117 e. The molecule has 0 rings (SSSR count). The van der Waals surface area contributed by atoms with Crippen molar-refractivity contribution in [3.8, 4) is 0 Å². The summed E-state index contributed by atoms with van der Waals surface area (Å²) < 4.78 is 0. The van der Waals surface area contributed by atoms with Crippen LogP contribution in [0.4, 0.5) is 0 Å². The van der Waals surface area contributed by atoms with Crippen LogP contribution in [-0.2, 0) is 4.84 Å². The van der Waals surface area contributed by atoms with Crippen molar-refractivity contribution in [2.75, 3.05) is 6.61 Å². The van der Waals surface area contributed by atoms with Crippen molar-refractivity contribution in [2.45, 2.75) is 6.92 Å². The summed E-state index contributed by atoms with van der Waals surface area (Å²) in [5, 5.41) is 3.40. The highest BCUT2D eigenvalue weighted by Gasteiger charge is 1.61. The molecule has 0 aromatic carbocycles. The monoisotopic (exact) mass is 86.1 g/mol. The van der Waals surface area contributed by atoms with Gasteiger partial charge in [-0.25, -0.2) is 0 Å². The lowest BCUT2D eigenvalue weighted by molar-refractivity contribution is 0.174. The highest BCUT2D eigenvalue weighted by molar-refractivity contribution is 5.52. The van der Waals surface area contributed by atoms with E-state index in [0.717, 1.165) is 0 Å². The molecule has 0 aliphatic rings. The topological polar surface area (TPSA) is 21.6 Å². The highest BCUT2D eigenvalue weighted by atomic mass is 16.6. The van der Waals surface area contributed by atoms with Crippen LogP contribution >= 0.6 is 0 Å². The average Bonchev–Trinajstić information content (AvgIpc) is 1.61. The Morgan fingerprint density at radius 1 is 2.00 bits per heavy atom. The molecule has 6 heavy (non-hydrogen) atoms. The SMILES string of the molecule is [CH2]CO/N=C/C. The minimum atomic E-state index is 0.407. The Balaban J connectivity index is 2.66. The van der Waals surface area contributed by atoms with Gasteiger partial charge in [-0.15, -0.1) is 0 Å². The zero-order valence-electron chi connectivity index (χ0n) is 3.85. The molecule has 0 N–H and O–H groups in total. The van der Waals surface area contributed by atoms with Crippen molar-refractivity contribution in [3.05, 3.63) is 6.92 Å². The molecule has 0 bridgehead atoms. The van der Waals surface area contributed by atoms with E-state index < -0.39 is 0 Å². The third-order valence-electron chi connectivity index (χ3n) is 0.271. The molecule has 0 saturated heterocycles. The Bertz CT molecular complexity index is 42.8. The van der Waals surface area contributed by atoms with Gasteiger partial charge in [0.05, 0.1) is 0 Å². The molecule has 2 nitrogen and oxygen atoms in total. The van der Waals surface area contributed by atoms with Crippen LogP contribution in [0.5, 0.6) is 0 Å². The summed E-state index contributed by atoms with van der Waals surface area (Å²) in [4.78, 5) is 4.44. The second kappa shape index (κ2) is 4.47. The Labute approximate surface area is 37.8 Å². The summed E-state index contributed by atoms with van der Waals surface area (Å²) in [7, 11) is 0. The molecule has 0 unspecified atom stereocenters. The molecule has 2 heteroatoms. The van der Waals surface area contributed by atoms with Crippen LogP contribution in [-0.4, -0.2) is 12.8 Å². The quantitative estimate of drug-likeness (QED) is 0.360. The van der Waals surface area contributed by atoms with Crippen LogP contribution in [0.2, 0.25) is 0 Å². The van der Waals surface area contributed by atoms with E-state index in [4.69, 9.17) is 0 Å². The number of hydrogen-bond acceptors (Lipinski definition) is 2. The highest BCUT2D eigenvalue weighted by Crippen LogP contribution is 1.66. The molecule has 0 amide bonds. The van der Waals surface area contributed by atoms with Crippen molar-refractivity contribution >= 4 is 6.21 Å². The first-order valence-electron chi connectivity index (χ1n) is 1.81. The van der Waals surface area contributed by atoms with Gasteiger partial charge in [-0.1, -0.05) is 5.16 Å². The summed E-state index contributed by atoms with van der Waals surface area (Å²) in [6.07, 6.45) is 1.57. The molecule has 0 fully saturated rings. The number of nitrogens with zero attached hydrogens (tertiary/aromatic N) is 1. The number of rotatable bonds is 2. The lowest BCUT2D eigenvalue weighted by Crippen LogP contribution is -1.76. The molecule has 0 spiro atoms. The van der Waals surface area contributed by atoms with Gasteiger partial charge in [0.2, 0.25) is 0 Å². The third-order valence-corrected chi connectivity index (χ3v) is 0.271. The smallest absolute Gasteiger partial charge is 0.117 e. The van der Waals surface area contributed by atoms with E-state index in [9.17, 15) is 0 Å². The van der Waals surface area contributed by atoms with E-state index >= 15 is 0 Å². The average molecular weight is 86.1 g/mol. The molecule has 0 aromatic heterocycles. The molecule has 0 aliphatic carbocycles. The molecule has 0 saturated carbocycles. The van der Waals surface area contributed by atoms with Gasteiger partial charge < -0.3 is 4.84 Å². The molecular formula is C4H8NO. The van der Waals surface area contributed by atoms with Crippen LogP contribution in [0, 0.1) is 6.92 Å². The standard InChI is InChI=1S/C4H8NO/c1-3-5-6-4-2/h3H,2,4H2,1H3/b5-3+. The van der Waals surface area contributed by atoms with Crippen molar-refractivity contribution in [1.82, 2.24) is 0 Å². The van der Waals surface area contributed by atoms with E-state index in [0.29, 0.717) is 6.61 Å². The predicted octanol–water partition coefficient (Wildman–Crippen LogP) is 0.843. The fourth-order valence-corrected chi connectivity index (χ4v) is 0.127. The largest absolute Gasteiger partial charge is 0.396 e. The van der Waals surface area contributed by atoms with Crippen molar-refractivity contribution in [3.63, 3.8) is 0 Å². The normalized spacial score (nSPS) is 9.67. The van der Waals surface area contributed by atoms with E-state index in [-0.39, 0.29) is 0 Å². The van der Waals surface area contributed by atoms with E-state index in [2.05, 4.69) is 16.9 Å². The van der Waals surface area contributed by atoms with Gasteiger partial charge in [-0.05, 0) is 13.8 Å². The minimum absolute atomic E-state index is 0.407.